The first-order valence-electron chi connectivity index (χ1n) is 12.5. The summed E-state index contributed by atoms with van der Waals surface area (Å²) in [5, 5.41) is 5.81. The van der Waals surface area contributed by atoms with Crippen LogP contribution in [0.5, 0.6) is 0 Å². The van der Waals surface area contributed by atoms with E-state index in [2.05, 4.69) is 20.6 Å². The van der Waals surface area contributed by atoms with Gasteiger partial charge in [0.2, 0.25) is 17.7 Å². The Morgan fingerprint density at radius 2 is 1.71 bits per heavy atom. The second kappa shape index (κ2) is 12.5. The van der Waals surface area contributed by atoms with E-state index in [0.717, 1.165) is 16.8 Å². The molecule has 9 heteroatoms. The lowest BCUT2D eigenvalue weighted by Gasteiger charge is -2.17. The Hall–Kier alpha value is -3.98. The Labute approximate surface area is 227 Å². The third-order valence-corrected chi connectivity index (χ3v) is 7.06. The van der Waals surface area contributed by atoms with Crippen LogP contribution in [-0.2, 0) is 27.3 Å². The number of carbonyl (C=O) groups excluding carboxylic acids is 3. The Balaban J connectivity index is 1.38. The van der Waals surface area contributed by atoms with Crippen molar-refractivity contribution in [2.24, 2.45) is 4.99 Å². The second-order valence-corrected chi connectivity index (χ2v) is 10.4. The molecule has 1 aliphatic heterocycles. The van der Waals surface area contributed by atoms with Crippen LogP contribution in [-0.4, -0.2) is 44.9 Å². The quantitative estimate of drug-likeness (QED) is 0.429. The van der Waals surface area contributed by atoms with Gasteiger partial charge in [-0.25, -0.2) is 0 Å². The molecule has 38 heavy (non-hydrogen) atoms. The van der Waals surface area contributed by atoms with Gasteiger partial charge in [-0.15, -0.1) is 0 Å². The lowest BCUT2D eigenvalue weighted by Crippen LogP contribution is -2.42. The Bertz CT molecular complexity index is 1300. The van der Waals surface area contributed by atoms with Gasteiger partial charge in [-0.2, -0.15) is 0 Å². The van der Waals surface area contributed by atoms with Crippen molar-refractivity contribution in [3.05, 3.63) is 95.8 Å². The van der Waals surface area contributed by atoms with Gasteiger partial charge in [0.1, 0.15) is 11.3 Å². The molecule has 2 aromatic carbocycles. The zero-order valence-corrected chi connectivity index (χ0v) is 22.4. The number of anilines is 1. The van der Waals surface area contributed by atoms with Crippen LogP contribution in [0.15, 0.2) is 84.0 Å². The Kier molecular flexibility index (Phi) is 8.91. The summed E-state index contributed by atoms with van der Waals surface area (Å²) in [5.41, 5.74) is 3.08. The lowest BCUT2D eigenvalue weighted by atomic mass is 10.1. The van der Waals surface area contributed by atoms with Gasteiger partial charge in [-0.1, -0.05) is 60.3 Å². The normalized spacial score (nSPS) is 17.1. The molecule has 0 spiro atoms. The minimum absolute atomic E-state index is 0.0445. The summed E-state index contributed by atoms with van der Waals surface area (Å²) in [6.45, 7) is 5.96. The molecule has 196 valence electrons. The molecule has 1 fully saturated rings. The van der Waals surface area contributed by atoms with Gasteiger partial charge < -0.3 is 10.6 Å². The van der Waals surface area contributed by atoms with Gasteiger partial charge in [0, 0.05) is 17.9 Å². The topological polar surface area (TPSA) is 104 Å². The van der Waals surface area contributed by atoms with E-state index in [1.165, 1.54) is 11.8 Å². The van der Waals surface area contributed by atoms with Gasteiger partial charge in [0.25, 0.3) is 0 Å². The number of amidine groups is 1. The minimum Gasteiger partial charge on any atom is -0.344 e. The highest BCUT2D eigenvalue weighted by molar-refractivity contribution is 8.15. The first kappa shape index (κ1) is 27.1. The second-order valence-electron chi connectivity index (χ2n) is 9.31. The van der Waals surface area contributed by atoms with Crippen molar-refractivity contribution in [1.82, 2.24) is 15.2 Å². The summed E-state index contributed by atoms with van der Waals surface area (Å²) >= 11 is 1.42. The smallest absolute Gasteiger partial charge is 0.247 e. The number of rotatable bonds is 9. The molecule has 0 radical (unpaired) electrons. The number of aromatic nitrogens is 1. The maximum Gasteiger partial charge on any atom is 0.247 e. The van der Waals surface area contributed by atoms with E-state index >= 15 is 0 Å². The highest BCUT2D eigenvalue weighted by Gasteiger charge is 2.39. The summed E-state index contributed by atoms with van der Waals surface area (Å²) in [5.74, 6) is -0.593. The van der Waals surface area contributed by atoms with Crippen LogP contribution >= 0.6 is 11.8 Å². The molecule has 1 aromatic heterocycles. The summed E-state index contributed by atoms with van der Waals surface area (Å²) in [4.78, 5) is 49.0. The zero-order valence-electron chi connectivity index (χ0n) is 21.6. The van der Waals surface area contributed by atoms with E-state index in [4.69, 9.17) is 0 Å². The molecule has 3 amide bonds. The fraction of sp³-hybridized carbons (Fsp3) is 0.276. The summed E-state index contributed by atoms with van der Waals surface area (Å²) in [6, 6.07) is 21.5. The molecule has 0 saturated carbocycles. The number of nitrogens with zero attached hydrogens (tertiary/aromatic N) is 3. The van der Waals surface area contributed by atoms with Crippen molar-refractivity contribution in [2.45, 2.75) is 51.1 Å². The molecule has 3 aromatic rings. The van der Waals surface area contributed by atoms with E-state index in [1.54, 1.807) is 30.2 Å². The van der Waals surface area contributed by atoms with Gasteiger partial charge in [0.15, 0.2) is 5.17 Å². The van der Waals surface area contributed by atoms with Crippen LogP contribution in [0.3, 0.4) is 0 Å². The predicted octanol–water partition coefficient (Wildman–Crippen LogP) is 4.35. The molecule has 0 aliphatic carbocycles. The van der Waals surface area contributed by atoms with E-state index < -0.39 is 11.3 Å². The van der Waals surface area contributed by atoms with Gasteiger partial charge in [-0.05, 0) is 56.2 Å². The fourth-order valence-corrected chi connectivity index (χ4v) is 5.20. The molecular weight excluding hydrogens is 498 g/mol. The number of benzene rings is 2. The first-order chi connectivity index (χ1) is 18.3. The molecule has 8 nitrogen and oxygen atoms in total. The van der Waals surface area contributed by atoms with Gasteiger partial charge >= 0.3 is 0 Å². The standard InChI is InChI=1S/C29H31N5O3S/c1-19(2)31-29-34(18-24-11-7-8-16-30-24)28(37)26(38-29)22-12-14-23(15-13-22)33-27(36)20(3)32-25(35)17-21-9-5-4-6-10-21/h4-16,19-20,26H,17-18H2,1-3H3,(H,32,35)(H,33,36)/b31-29-/t20-,26?/m0/s1. The van der Waals surface area contributed by atoms with E-state index in [-0.39, 0.29) is 30.2 Å². The molecule has 2 atom stereocenters. The Morgan fingerprint density at radius 1 is 1.00 bits per heavy atom. The highest BCUT2D eigenvalue weighted by Crippen LogP contribution is 2.40. The first-order valence-corrected chi connectivity index (χ1v) is 13.4. The van der Waals surface area contributed by atoms with E-state index in [0.29, 0.717) is 17.4 Å². The zero-order chi connectivity index (χ0) is 27.1. The number of thioether (sulfide) groups is 1. The van der Waals surface area contributed by atoms with Gasteiger partial charge in [-0.3, -0.25) is 29.3 Å². The van der Waals surface area contributed by atoms with Crippen molar-refractivity contribution in [1.29, 1.82) is 0 Å². The molecule has 1 aliphatic rings. The average Bonchev–Trinajstić information content (AvgIpc) is 3.19. The van der Waals surface area contributed by atoms with Crippen LogP contribution in [0.1, 0.15) is 42.8 Å². The SMILES string of the molecule is CC(C)/N=C1\SC(c2ccc(NC(=O)[C@H](C)NC(=O)Cc3ccccc3)cc2)C(=O)N1Cc1ccccn1. The number of nitrogens with one attached hydrogen (secondary N) is 2. The number of amides is 3. The fourth-order valence-electron chi connectivity index (χ4n) is 3.92. The predicted molar refractivity (Wildman–Crippen MR) is 151 cm³/mol. The summed E-state index contributed by atoms with van der Waals surface area (Å²) in [6.07, 6.45) is 1.92. The molecule has 4 rings (SSSR count). The average molecular weight is 530 g/mol. The molecule has 0 bridgehead atoms. The molecule has 2 N–H and O–H groups in total. The van der Waals surface area contributed by atoms with Crippen molar-refractivity contribution in [3.63, 3.8) is 0 Å². The largest absolute Gasteiger partial charge is 0.344 e. The third kappa shape index (κ3) is 7.07. The number of hydrogen-bond acceptors (Lipinski definition) is 6. The number of carbonyl (C=O) groups is 3. The number of hydrogen-bond donors (Lipinski definition) is 2. The molecule has 2 heterocycles. The monoisotopic (exact) mass is 529 g/mol. The van der Waals surface area contributed by atoms with Crippen molar-refractivity contribution in [3.8, 4) is 0 Å². The number of pyridine rings is 1. The van der Waals surface area contributed by atoms with E-state index in [1.807, 2.05) is 74.5 Å². The molecule has 1 saturated heterocycles. The number of aliphatic imine (C=N–C) groups is 1. The van der Waals surface area contributed by atoms with E-state index in [9.17, 15) is 14.4 Å². The molecular formula is C29H31N5O3S. The summed E-state index contributed by atoms with van der Waals surface area (Å²) < 4.78 is 0. The van der Waals surface area contributed by atoms with Crippen LogP contribution in [0, 0.1) is 0 Å². The maximum atomic E-state index is 13.4. The van der Waals surface area contributed by atoms with Crippen LogP contribution in [0.4, 0.5) is 5.69 Å². The van der Waals surface area contributed by atoms with Crippen molar-refractivity contribution in [2.75, 3.05) is 5.32 Å². The Morgan fingerprint density at radius 3 is 2.37 bits per heavy atom. The molecule has 1 unspecified atom stereocenters. The van der Waals surface area contributed by atoms with Crippen molar-refractivity contribution >= 4 is 40.3 Å². The summed E-state index contributed by atoms with van der Waals surface area (Å²) in [7, 11) is 0. The van der Waals surface area contributed by atoms with Crippen LogP contribution in [0.2, 0.25) is 0 Å². The van der Waals surface area contributed by atoms with Crippen LogP contribution in [0.25, 0.3) is 0 Å². The van der Waals surface area contributed by atoms with Crippen molar-refractivity contribution < 1.29 is 14.4 Å². The minimum atomic E-state index is -0.701. The third-order valence-electron chi connectivity index (χ3n) is 5.82. The highest BCUT2D eigenvalue weighted by atomic mass is 32.2. The van der Waals surface area contributed by atoms with Crippen LogP contribution < -0.4 is 10.6 Å². The lowest BCUT2D eigenvalue weighted by molar-refractivity contribution is -0.126. The maximum absolute atomic E-state index is 13.4. The van der Waals surface area contributed by atoms with Gasteiger partial charge in [0.05, 0.1) is 18.7 Å².